The van der Waals surface area contributed by atoms with Crippen LogP contribution in [0.1, 0.15) is 10.4 Å². The molecule has 0 aliphatic heterocycles. The van der Waals surface area contributed by atoms with E-state index in [9.17, 15) is 14.9 Å². The molecule has 1 aromatic rings. The summed E-state index contributed by atoms with van der Waals surface area (Å²) in [7, 11) is 0. The van der Waals surface area contributed by atoms with E-state index in [1.807, 2.05) is 0 Å². The van der Waals surface area contributed by atoms with E-state index in [0.29, 0.717) is 0 Å². The van der Waals surface area contributed by atoms with E-state index in [1.165, 1.54) is 18.2 Å². The highest BCUT2D eigenvalue weighted by Crippen LogP contribution is 2.04. The number of benzene rings is 1. The van der Waals surface area contributed by atoms with Crippen LogP contribution in [0.4, 0.5) is 0 Å². The second kappa shape index (κ2) is 4.14. The number of nitrogens with zero attached hydrogens (tertiary/aromatic N) is 2. The summed E-state index contributed by atoms with van der Waals surface area (Å²) >= 11 is 0. The van der Waals surface area contributed by atoms with E-state index >= 15 is 0 Å². The molecule has 1 rings (SSSR count). The number of Topliss-reactive ketones (excluding diaryl/α,β-unsaturated/α-hetero) is 1. The average Bonchev–Trinajstić information content (AvgIpc) is 2.19. The smallest absolute Gasteiger partial charge is 0.285 e. The van der Waals surface area contributed by atoms with Gasteiger partial charge in [-0.3, -0.25) is 14.9 Å². The van der Waals surface area contributed by atoms with Crippen molar-refractivity contribution in [3.05, 3.63) is 46.0 Å². The van der Waals surface area contributed by atoms with E-state index in [1.54, 1.807) is 18.2 Å². The molecule has 0 saturated heterocycles. The quantitative estimate of drug-likeness (QED) is 0.405. The highest BCUT2D eigenvalue weighted by molar-refractivity contribution is 6.00. The fourth-order valence-electron chi connectivity index (χ4n) is 0.962. The van der Waals surface area contributed by atoms with Crippen LogP contribution < -0.4 is 0 Å². The Morgan fingerprint density at radius 1 is 1.43 bits per heavy atom. The van der Waals surface area contributed by atoms with Crippen LogP contribution in [0.3, 0.4) is 0 Å². The minimum atomic E-state index is -1.81. The fraction of sp³-hybridized carbons (Fsp3) is 0.111. The van der Waals surface area contributed by atoms with Crippen LogP contribution in [0.5, 0.6) is 0 Å². The summed E-state index contributed by atoms with van der Waals surface area (Å²) in [6.45, 7) is 0. The van der Waals surface area contributed by atoms with E-state index in [-0.39, 0.29) is 5.56 Å². The number of hydrogen-bond acceptors (Lipinski definition) is 4. The van der Waals surface area contributed by atoms with Gasteiger partial charge in [-0.15, -0.1) is 0 Å². The molecule has 0 aliphatic rings. The van der Waals surface area contributed by atoms with Gasteiger partial charge >= 0.3 is 6.04 Å². The normalized spacial score (nSPS) is 11.4. The van der Waals surface area contributed by atoms with Crippen molar-refractivity contribution in [1.82, 2.24) is 0 Å². The van der Waals surface area contributed by atoms with Crippen molar-refractivity contribution < 1.29 is 9.72 Å². The lowest BCUT2D eigenvalue weighted by Crippen LogP contribution is -2.27. The molecule has 1 unspecified atom stereocenters. The lowest BCUT2D eigenvalue weighted by Gasteiger charge is -1.99. The Morgan fingerprint density at radius 3 is 2.43 bits per heavy atom. The Hall–Kier alpha value is -2.22. The van der Waals surface area contributed by atoms with Crippen molar-refractivity contribution in [2.75, 3.05) is 0 Å². The lowest BCUT2D eigenvalue weighted by atomic mass is 10.1. The van der Waals surface area contributed by atoms with Gasteiger partial charge in [-0.1, -0.05) is 30.3 Å². The summed E-state index contributed by atoms with van der Waals surface area (Å²) in [5, 5.41) is 18.7. The first-order chi connectivity index (χ1) is 6.66. The third-order valence-electron chi connectivity index (χ3n) is 1.64. The van der Waals surface area contributed by atoms with E-state index in [0.717, 1.165) is 0 Å². The van der Waals surface area contributed by atoms with Gasteiger partial charge in [0.25, 0.3) is 5.78 Å². The molecule has 0 heterocycles. The number of hydrogen-bond donors (Lipinski definition) is 0. The standard InChI is InChI=1S/C9H6N2O3/c10-6-8(11(13)14)9(12)7-4-2-1-3-5-7/h1-5,8H. The molecule has 5 heteroatoms. The Morgan fingerprint density at radius 2 is 2.00 bits per heavy atom. The Kier molecular flexibility index (Phi) is 2.92. The first-order valence-corrected chi connectivity index (χ1v) is 3.79. The molecule has 70 valence electrons. The van der Waals surface area contributed by atoms with Gasteiger partial charge in [0.1, 0.15) is 0 Å². The molecule has 0 aromatic heterocycles. The predicted octanol–water partition coefficient (Wildman–Crippen LogP) is 1.04. The van der Waals surface area contributed by atoms with Crippen LogP contribution in [0.2, 0.25) is 0 Å². The van der Waals surface area contributed by atoms with Gasteiger partial charge in [-0.25, -0.2) is 0 Å². The zero-order valence-electron chi connectivity index (χ0n) is 7.08. The van der Waals surface area contributed by atoms with Crippen molar-refractivity contribution >= 4 is 5.78 Å². The van der Waals surface area contributed by atoms with Crippen LogP contribution in [-0.4, -0.2) is 16.7 Å². The first kappa shape index (κ1) is 9.86. The summed E-state index contributed by atoms with van der Waals surface area (Å²) in [5.74, 6) is -0.780. The zero-order chi connectivity index (χ0) is 10.6. The summed E-state index contributed by atoms with van der Waals surface area (Å²) in [4.78, 5) is 20.8. The van der Waals surface area contributed by atoms with Crippen LogP contribution in [0.25, 0.3) is 0 Å². The number of rotatable bonds is 3. The van der Waals surface area contributed by atoms with E-state index in [4.69, 9.17) is 5.26 Å². The summed E-state index contributed by atoms with van der Waals surface area (Å²) in [6.07, 6.45) is 0. The van der Waals surface area contributed by atoms with Gasteiger partial charge in [0.2, 0.25) is 0 Å². The Labute approximate surface area is 79.7 Å². The highest BCUT2D eigenvalue weighted by atomic mass is 16.6. The second-order valence-electron chi connectivity index (χ2n) is 2.55. The van der Waals surface area contributed by atoms with E-state index < -0.39 is 16.7 Å². The first-order valence-electron chi connectivity index (χ1n) is 3.79. The van der Waals surface area contributed by atoms with Crippen LogP contribution in [-0.2, 0) is 0 Å². The van der Waals surface area contributed by atoms with Gasteiger partial charge in [0.05, 0.1) is 0 Å². The third kappa shape index (κ3) is 1.93. The Balaban J connectivity index is 2.97. The molecule has 0 spiro atoms. The van der Waals surface area contributed by atoms with Crippen LogP contribution in [0.15, 0.2) is 30.3 Å². The largest absolute Gasteiger partial charge is 0.358 e. The number of nitro groups is 1. The molecule has 0 fully saturated rings. The topological polar surface area (TPSA) is 84.0 Å². The molecule has 1 atom stereocenters. The molecule has 0 saturated carbocycles. The fourth-order valence-corrected chi connectivity index (χ4v) is 0.962. The number of carbonyl (C=O) groups excluding carboxylic acids is 1. The molecule has 0 amide bonds. The second-order valence-corrected chi connectivity index (χ2v) is 2.55. The SMILES string of the molecule is N#CC(C(=O)c1ccccc1)[N+](=O)[O-]. The molecule has 5 nitrogen and oxygen atoms in total. The minimum Gasteiger partial charge on any atom is -0.285 e. The number of carbonyl (C=O) groups is 1. The molecular weight excluding hydrogens is 184 g/mol. The summed E-state index contributed by atoms with van der Waals surface area (Å²) in [5.41, 5.74) is 0.177. The van der Waals surface area contributed by atoms with Gasteiger partial charge in [0.15, 0.2) is 6.07 Å². The molecule has 14 heavy (non-hydrogen) atoms. The van der Waals surface area contributed by atoms with E-state index in [2.05, 4.69) is 0 Å². The van der Waals surface area contributed by atoms with Crippen LogP contribution in [0, 0.1) is 21.4 Å². The number of ketones is 1. The maximum Gasteiger partial charge on any atom is 0.358 e. The maximum atomic E-state index is 11.4. The molecule has 0 aliphatic carbocycles. The monoisotopic (exact) mass is 190 g/mol. The summed E-state index contributed by atoms with van der Waals surface area (Å²) in [6, 6.07) is 7.28. The lowest BCUT2D eigenvalue weighted by molar-refractivity contribution is -0.490. The van der Waals surface area contributed by atoms with Crippen molar-refractivity contribution in [2.45, 2.75) is 6.04 Å². The average molecular weight is 190 g/mol. The third-order valence-corrected chi connectivity index (χ3v) is 1.64. The van der Waals surface area contributed by atoms with Gasteiger partial charge in [-0.05, 0) is 0 Å². The van der Waals surface area contributed by atoms with Crippen molar-refractivity contribution in [3.63, 3.8) is 0 Å². The zero-order valence-corrected chi connectivity index (χ0v) is 7.08. The summed E-state index contributed by atoms with van der Waals surface area (Å²) < 4.78 is 0. The van der Waals surface area contributed by atoms with Gasteiger partial charge in [0, 0.05) is 10.5 Å². The van der Waals surface area contributed by atoms with Crippen molar-refractivity contribution in [1.29, 1.82) is 5.26 Å². The van der Waals surface area contributed by atoms with Crippen molar-refractivity contribution in [3.8, 4) is 6.07 Å². The molecule has 1 aromatic carbocycles. The van der Waals surface area contributed by atoms with Crippen molar-refractivity contribution in [2.24, 2.45) is 0 Å². The maximum absolute atomic E-state index is 11.4. The Bertz CT molecular complexity index is 394. The number of nitriles is 1. The molecular formula is C9H6N2O3. The van der Waals surface area contributed by atoms with Gasteiger partial charge < -0.3 is 0 Å². The molecule has 0 N–H and O–H groups in total. The van der Waals surface area contributed by atoms with Gasteiger partial charge in [-0.2, -0.15) is 5.26 Å². The van der Waals surface area contributed by atoms with Crippen LogP contribution >= 0.6 is 0 Å². The highest BCUT2D eigenvalue weighted by Gasteiger charge is 2.29. The molecule has 0 radical (unpaired) electrons. The minimum absolute atomic E-state index is 0.177. The molecule has 0 bridgehead atoms. The predicted molar refractivity (Wildman–Crippen MR) is 47.2 cm³/mol.